The summed E-state index contributed by atoms with van der Waals surface area (Å²) in [4.78, 5) is 62.7. The van der Waals surface area contributed by atoms with Crippen LogP contribution in [0.4, 0.5) is 16.3 Å². The monoisotopic (exact) mass is 641 g/mol. The van der Waals surface area contributed by atoms with Crippen molar-refractivity contribution in [2.45, 2.75) is 52.5 Å². The van der Waals surface area contributed by atoms with E-state index in [-0.39, 0.29) is 35.4 Å². The van der Waals surface area contributed by atoms with Gasteiger partial charge in [0.1, 0.15) is 12.2 Å². The summed E-state index contributed by atoms with van der Waals surface area (Å²) < 4.78 is 2.84. The molecule has 5 amide bonds. The smallest absolute Gasteiger partial charge is 0.382 e. The lowest BCUT2D eigenvalue weighted by atomic mass is 9.92. The molecule has 1 unspecified atom stereocenters. The summed E-state index contributed by atoms with van der Waals surface area (Å²) in [5, 5.41) is 14.4. The minimum atomic E-state index is -1.25. The predicted octanol–water partition coefficient (Wildman–Crippen LogP) is 3.30. The molecule has 0 radical (unpaired) electrons. The number of nitrogens with two attached hydrogens (primary N) is 1. The molecule has 14 heteroatoms. The van der Waals surface area contributed by atoms with Crippen LogP contribution in [0.25, 0.3) is 11.1 Å². The number of piperidine rings is 1. The predicted molar refractivity (Wildman–Crippen MR) is 179 cm³/mol. The van der Waals surface area contributed by atoms with E-state index < -0.39 is 23.8 Å². The first-order valence-electron chi connectivity index (χ1n) is 15.7. The number of benzene rings is 1. The number of nitrogens with zero attached hydrogens (tertiary/aromatic N) is 6. The number of rotatable bonds is 9. The van der Waals surface area contributed by atoms with Crippen LogP contribution in [0.3, 0.4) is 0 Å². The minimum Gasteiger partial charge on any atom is -0.382 e. The van der Waals surface area contributed by atoms with Gasteiger partial charge in [0.2, 0.25) is 11.8 Å². The third-order valence-corrected chi connectivity index (χ3v) is 8.48. The average Bonchev–Trinajstić information content (AvgIpc) is 3.68. The molecule has 3 aromatic rings. The van der Waals surface area contributed by atoms with E-state index in [1.165, 1.54) is 15.5 Å². The number of nitrogens with one attached hydrogen (secondary N) is 3. The van der Waals surface area contributed by atoms with E-state index >= 15 is 0 Å². The highest BCUT2D eigenvalue weighted by Gasteiger charge is 2.49. The second-order valence-electron chi connectivity index (χ2n) is 12.4. The highest BCUT2D eigenvalue weighted by atomic mass is 16.2. The van der Waals surface area contributed by atoms with Gasteiger partial charge in [0.15, 0.2) is 5.92 Å². The number of anilines is 2. The summed E-state index contributed by atoms with van der Waals surface area (Å²) in [6.07, 6.45) is 5.48. The maximum Gasteiger partial charge on any atom is 0.507 e. The van der Waals surface area contributed by atoms with Gasteiger partial charge in [0.05, 0.1) is 18.0 Å². The van der Waals surface area contributed by atoms with Crippen LogP contribution >= 0.6 is 0 Å². The van der Waals surface area contributed by atoms with Crippen molar-refractivity contribution in [2.75, 3.05) is 23.3 Å². The Bertz CT molecular complexity index is 1760. The average molecular weight is 642 g/mol. The van der Waals surface area contributed by atoms with Gasteiger partial charge < -0.3 is 20.9 Å². The second kappa shape index (κ2) is 13.5. The summed E-state index contributed by atoms with van der Waals surface area (Å²) in [5.74, 6) is -1.91. The molecule has 0 saturated carbocycles. The van der Waals surface area contributed by atoms with Crippen LogP contribution in [0.1, 0.15) is 57.8 Å². The molecule has 246 valence electrons. The van der Waals surface area contributed by atoms with E-state index in [0.29, 0.717) is 24.5 Å². The third kappa shape index (κ3) is 6.76. The van der Waals surface area contributed by atoms with E-state index in [9.17, 15) is 19.2 Å². The third-order valence-electron chi connectivity index (χ3n) is 8.48. The zero-order valence-corrected chi connectivity index (χ0v) is 27.2. The number of carbonyl (C=O) groups excluding carboxylic acids is 4. The largest absolute Gasteiger partial charge is 0.507 e. The molecule has 1 fully saturated rings. The fourth-order valence-corrected chi connectivity index (χ4v) is 5.93. The van der Waals surface area contributed by atoms with Gasteiger partial charge in [-0.2, -0.15) is 9.37 Å². The summed E-state index contributed by atoms with van der Waals surface area (Å²) in [7, 11) is 1.68. The Morgan fingerprint density at radius 2 is 1.81 bits per heavy atom. The van der Waals surface area contributed by atoms with Gasteiger partial charge in [-0.3, -0.25) is 19.7 Å². The van der Waals surface area contributed by atoms with Crippen molar-refractivity contribution in [1.29, 1.82) is 5.41 Å². The van der Waals surface area contributed by atoms with Crippen LogP contribution in [0.5, 0.6) is 0 Å². The number of amides is 5. The van der Waals surface area contributed by atoms with Crippen molar-refractivity contribution in [3.8, 4) is 11.1 Å². The van der Waals surface area contributed by atoms with Gasteiger partial charge >= 0.3 is 11.9 Å². The van der Waals surface area contributed by atoms with Gasteiger partial charge in [-0.1, -0.05) is 26.0 Å². The standard InChI is InChI=1S/C33H40N10O4/c1-19(2)31(45)41-14-10-22(11-15-41)26-16-24(28(38-26)29(35)36-18-34)21-6-8-23(9-7-21)37-30(44)25-17-42(20(3)4)33(47)43(32(25)46)27-12-13-40(5)39-27/h6-9,12-13,16-20,22,25H,10-11,14-15H2,1-5H3,(H4-,34,35,36,37,38,44)/p+1. The molecular formula is C33H41N10O4+. The van der Waals surface area contributed by atoms with Gasteiger partial charge in [0, 0.05) is 61.2 Å². The minimum absolute atomic E-state index is 0.0402. The Hall–Kier alpha value is -5.40. The van der Waals surface area contributed by atoms with E-state index in [4.69, 9.17) is 11.1 Å². The Morgan fingerprint density at radius 1 is 1.13 bits per heavy atom. The number of aliphatic imine (C=N–C) groups is 1. The van der Waals surface area contributed by atoms with E-state index in [2.05, 4.69) is 20.4 Å². The summed E-state index contributed by atoms with van der Waals surface area (Å²) in [5.41, 5.74) is 9.85. The number of likely N-dealkylation sites (tertiary alicyclic amines) is 1. The fourth-order valence-electron chi connectivity index (χ4n) is 5.93. The molecule has 5 N–H and O–H groups in total. The van der Waals surface area contributed by atoms with Gasteiger partial charge in [0.25, 0.3) is 5.82 Å². The van der Waals surface area contributed by atoms with Gasteiger partial charge in [-0.05, 0) is 50.5 Å². The Morgan fingerprint density at radius 3 is 2.38 bits per heavy atom. The van der Waals surface area contributed by atoms with Gasteiger partial charge in [-0.25, -0.2) is 9.79 Å². The Balaban J connectivity index is 1.36. The van der Waals surface area contributed by atoms with Crippen molar-refractivity contribution in [2.24, 2.45) is 29.6 Å². The highest BCUT2D eigenvalue weighted by Crippen LogP contribution is 2.34. The molecule has 2 aliphatic heterocycles. The number of H-pyrrole nitrogens is 1. The summed E-state index contributed by atoms with van der Waals surface area (Å²) >= 11 is 0. The second-order valence-corrected chi connectivity index (χ2v) is 12.4. The molecule has 14 nitrogen and oxygen atoms in total. The maximum absolute atomic E-state index is 13.4. The fraction of sp³-hybridized carbons (Fsp3) is 0.394. The first-order chi connectivity index (χ1) is 22.4. The molecule has 5 rings (SSSR count). The Kier molecular flexibility index (Phi) is 9.49. The number of aromatic amines is 1. The van der Waals surface area contributed by atoms with Crippen LogP contribution in [-0.2, 0) is 21.4 Å². The molecule has 2 aromatic heterocycles. The van der Waals surface area contributed by atoms with E-state index in [0.717, 1.165) is 40.9 Å². The van der Waals surface area contributed by atoms with Crippen molar-refractivity contribution in [3.05, 3.63) is 54.0 Å². The highest BCUT2D eigenvalue weighted by molar-refractivity contribution is 6.28. The maximum atomic E-state index is 13.4. The first kappa shape index (κ1) is 33.0. The zero-order valence-electron chi connectivity index (χ0n) is 27.2. The summed E-state index contributed by atoms with van der Waals surface area (Å²) in [6, 6.07) is 9.80. The molecule has 1 atom stereocenters. The number of imide groups is 1. The lowest BCUT2D eigenvalue weighted by Crippen LogP contribution is -2.56. The van der Waals surface area contributed by atoms with Crippen molar-refractivity contribution in [3.63, 3.8) is 0 Å². The molecule has 0 bridgehead atoms. The van der Waals surface area contributed by atoms with Crippen LogP contribution in [0.15, 0.2) is 47.6 Å². The zero-order chi connectivity index (χ0) is 34.0. The lowest BCUT2D eigenvalue weighted by Gasteiger charge is -2.32. The lowest BCUT2D eigenvalue weighted by molar-refractivity contribution is -0.459. The number of aryl methyl sites for hydroxylation is 1. The van der Waals surface area contributed by atoms with Crippen LogP contribution < -0.4 is 16.0 Å². The van der Waals surface area contributed by atoms with E-state index in [1.807, 2.05) is 36.9 Å². The number of hydrogen-bond donors (Lipinski definition) is 4. The summed E-state index contributed by atoms with van der Waals surface area (Å²) in [6.45, 7) is 8.76. The number of aromatic nitrogens is 3. The normalized spacial score (nSPS) is 17.8. The SMILES string of the molecule is CC(C)C(=O)N1CCC(c2cc(-c3ccc(NC(=O)C4C=[N+](C(C)C)C(=O)N(c5ccn(C)n5)C4=O)cc3)c(C(N)=NC=N)[nH]2)CC1. The Labute approximate surface area is 272 Å². The quantitative estimate of drug-likeness (QED) is 0.120. The molecule has 2 aliphatic rings. The molecule has 1 aromatic carbocycles. The number of urea groups is 1. The van der Waals surface area contributed by atoms with Crippen molar-refractivity contribution in [1.82, 2.24) is 19.7 Å². The van der Waals surface area contributed by atoms with Crippen LogP contribution in [0.2, 0.25) is 0 Å². The number of hydrogen-bond acceptors (Lipinski definition) is 6. The molecule has 47 heavy (non-hydrogen) atoms. The molecule has 1 saturated heterocycles. The number of carbonyl (C=O) groups is 4. The van der Waals surface area contributed by atoms with Crippen LogP contribution in [-0.4, -0.2) is 85.5 Å². The molecule has 0 spiro atoms. The van der Waals surface area contributed by atoms with Gasteiger partial charge in [-0.15, -0.1) is 10.00 Å². The van der Waals surface area contributed by atoms with Crippen molar-refractivity contribution >= 4 is 53.6 Å². The molecule has 0 aliphatic carbocycles. The molecule has 4 heterocycles. The molecular weight excluding hydrogens is 600 g/mol. The first-order valence-corrected chi connectivity index (χ1v) is 15.7. The van der Waals surface area contributed by atoms with Crippen LogP contribution in [0, 0.1) is 17.2 Å². The van der Waals surface area contributed by atoms with Crippen molar-refractivity contribution < 1.29 is 23.8 Å². The van der Waals surface area contributed by atoms with E-state index in [1.54, 1.807) is 45.3 Å². The number of amidine groups is 1. The topological polar surface area (TPSA) is 186 Å².